The van der Waals surface area contributed by atoms with Gasteiger partial charge in [-0.15, -0.1) is 0 Å². The number of rotatable bonds is 2. The molecule has 3 nitrogen and oxygen atoms in total. The van der Waals surface area contributed by atoms with E-state index in [1.165, 1.54) is 6.07 Å². The lowest BCUT2D eigenvalue weighted by Gasteiger charge is -2.17. The first kappa shape index (κ1) is 15.4. The van der Waals surface area contributed by atoms with E-state index in [2.05, 4.69) is 10.2 Å². The van der Waals surface area contributed by atoms with Crippen LogP contribution in [0, 0.1) is 19.7 Å². The quantitative estimate of drug-likeness (QED) is 0.866. The van der Waals surface area contributed by atoms with Crippen molar-refractivity contribution in [3.8, 4) is 0 Å². The van der Waals surface area contributed by atoms with Gasteiger partial charge in [0.25, 0.3) is 0 Å². The van der Waals surface area contributed by atoms with Gasteiger partial charge < -0.3 is 5.73 Å². The predicted molar refractivity (Wildman–Crippen MR) is 68.9 cm³/mol. The number of aryl methyl sites for hydroxylation is 2. The highest BCUT2D eigenvalue weighted by atomic mass is 19.4. The molecule has 2 rings (SSSR count). The van der Waals surface area contributed by atoms with Crippen LogP contribution < -0.4 is 5.73 Å². The molecule has 1 unspecified atom stereocenters. The van der Waals surface area contributed by atoms with E-state index in [0.29, 0.717) is 17.0 Å². The molecule has 0 aliphatic heterocycles. The number of hydrogen-bond acceptors (Lipinski definition) is 3. The van der Waals surface area contributed by atoms with Crippen molar-refractivity contribution in [1.29, 1.82) is 0 Å². The summed E-state index contributed by atoms with van der Waals surface area (Å²) in [6, 6.07) is 3.57. The molecule has 0 bridgehead atoms. The van der Waals surface area contributed by atoms with Gasteiger partial charge in [-0.3, -0.25) is 0 Å². The van der Waals surface area contributed by atoms with Crippen molar-refractivity contribution in [2.24, 2.45) is 5.73 Å². The summed E-state index contributed by atoms with van der Waals surface area (Å²) >= 11 is 0. The summed E-state index contributed by atoms with van der Waals surface area (Å²) in [4.78, 5) is 0. The standard InChI is InChI=1S/C14H13F4N3/c1-7-5-10(8(2)21-20-7)13(19)9-3-4-12(15)11(6-9)14(16,17)18/h3-6,13H,19H2,1-2H3. The average Bonchev–Trinajstić information content (AvgIpc) is 2.40. The maximum atomic E-state index is 13.3. The molecule has 2 N–H and O–H groups in total. The molecule has 1 heterocycles. The summed E-state index contributed by atoms with van der Waals surface area (Å²) in [5.74, 6) is -1.32. The monoisotopic (exact) mass is 299 g/mol. The molecule has 0 spiro atoms. The Labute approximate surface area is 118 Å². The highest BCUT2D eigenvalue weighted by Crippen LogP contribution is 2.33. The van der Waals surface area contributed by atoms with Crippen LogP contribution in [0.3, 0.4) is 0 Å². The number of halogens is 4. The molecular formula is C14H13F4N3. The van der Waals surface area contributed by atoms with E-state index in [1.807, 2.05) is 0 Å². The van der Waals surface area contributed by atoms with Gasteiger partial charge in [0.05, 0.1) is 23.0 Å². The number of hydrogen-bond donors (Lipinski definition) is 1. The molecule has 0 fully saturated rings. The second-order valence-corrected chi connectivity index (χ2v) is 4.74. The van der Waals surface area contributed by atoms with E-state index in [9.17, 15) is 17.6 Å². The largest absolute Gasteiger partial charge is 0.419 e. The summed E-state index contributed by atoms with van der Waals surface area (Å²) in [5, 5.41) is 7.73. The maximum Gasteiger partial charge on any atom is 0.419 e. The van der Waals surface area contributed by atoms with E-state index < -0.39 is 23.6 Å². The topological polar surface area (TPSA) is 51.8 Å². The normalized spacial score (nSPS) is 13.3. The predicted octanol–water partition coefficient (Wildman–Crippen LogP) is 3.30. The molecule has 0 aliphatic rings. The summed E-state index contributed by atoms with van der Waals surface area (Å²) < 4.78 is 51.5. The van der Waals surface area contributed by atoms with Crippen molar-refractivity contribution in [1.82, 2.24) is 10.2 Å². The Morgan fingerprint density at radius 3 is 2.38 bits per heavy atom. The lowest BCUT2D eigenvalue weighted by molar-refractivity contribution is -0.140. The van der Waals surface area contributed by atoms with Gasteiger partial charge in [-0.1, -0.05) is 6.07 Å². The van der Waals surface area contributed by atoms with E-state index in [4.69, 9.17) is 5.73 Å². The SMILES string of the molecule is Cc1cc(C(N)c2ccc(F)c(C(F)(F)F)c2)c(C)nn1. The van der Waals surface area contributed by atoms with Crippen LogP contribution >= 0.6 is 0 Å². The van der Waals surface area contributed by atoms with Crippen molar-refractivity contribution < 1.29 is 17.6 Å². The highest BCUT2D eigenvalue weighted by Gasteiger charge is 2.34. The lowest BCUT2D eigenvalue weighted by Crippen LogP contribution is -2.17. The molecule has 2 aromatic rings. The Balaban J connectivity index is 2.49. The third-order valence-electron chi connectivity index (χ3n) is 3.13. The van der Waals surface area contributed by atoms with Crippen LogP contribution in [0.4, 0.5) is 17.6 Å². The van der Waals surface area contributed by atoms with E-state index >= 15 is 0 Å². The highest BCUT2D eigenvalue weighted by molar-refractivity contribution is 5.37. The van der Waals surface area contributed by atoms with Crippen LogP contribution in [0.1, 0.15) is 34.1 Å². The van der Waals surface area contributed by atoms with Crippen LogP contribution in [0.15, 0.2) is 24.3 Å². The van der Waals surface area contributed by atoms with Gasteiger partial charge in [0, 0.05) is 0 Å². The van der Waals surface area contributed by atoms with Crippen molar-refractivity contribution >= 4 is 0 Å². The van der Waals surface area contributed by atoms with Gasteiger partial charge in [0.15, 0.2) is 0 Å². The molecule has 0 aliphatic carbocycles. The van der Waals surface area contributed by atoms with Gasteiger partial charge in [-0.25, -0.2) is 4.39 Å². The van der Waals surface area contributed by atoms with Crippen LogP contribution in [-0.4, -0.2) is 10.2 Å². The molecule has 0 saturated heterocycles. The molecule has 1 atom stereocenters. The van der Waals surface area contributed by atoms with Crippen molar-refractivity contribution in [2.45, 2.75) is 26.1 Å². The molecule has 21 heavy (non-hydrogen) atoms. The summed E-state index contributed by atoms with van der Waals surface area (Å²) in [7, 11) is 0. The van der Waals surface area contributed by atoms with Crippen molar-refractivity contribution in [2.75, 3.05) is 0 Å². The molecule has 7 heteroatoms. The Kier molecular flexibility index (Phi) is 3.95. The van der Waals surface area contributed by atoms with Gasteiger partial charge in [-0.05, 0) is 43.2 Å². The van der Waals surface area contributed by atoms with Crippen LogP contribution in [0.5, 0.6) is 0 Å². The fourth-order valence-electron chi connectivity index (χ4n) is 2.02. The smallest absolute Gasteiger partial charge is 0.320 e. The van der Waals surface area contributed by atoms with Crippen molar-refractivity contribution in [3.05, 3.63) is 58.2 Å². The molecule has 0 saturated carbocycles. The van der Waals surface area contributed by atoms with Gasteiger partial charge in [0.1, 0.15) is 5.82 Å². The fourth-order valence-corrected chi connectivity index (χ4v) is 2.02. The Hall–Kier alpha value is -2.02. The third kappa shape index (κ3) is 3.18. The summed E-state index contributed by atoms with van der Waals surface area (Å²) in [6.07, 6.45) is -4.76. The number of aromatic nitrogens is 2. The second kappa shape index (κ2) is 5.40. The molecule has 1 aromatic carbocycles. The molecule has 112 valence electrons. The first-order valence-electron chi connectivity index (χ1n) is 6.13. The summed E-state index contributed by atoms with van der Waals surface area (Å²) in [6.45, 7) is 3.37. The fraction of sp³-hybridized carbons (Fsp3) is 0.286. The Morgan fingerprint density at radius 2 is 1.76 bits per heavy atom. The van der Waals surface area contributed by atoms with Gasteiger partial charge in [0.2, 0.25) is 0 Å². The number of alkyl halides is 3. The minimum Gasteiger partial charge on any atom is -0.320 e. The van der Waals surface area contributed by atoms with E-state index in [-0.39, 0.29) is 5.56 Å². The minimum atomic E-state index is -4.76. The van der Waals surface area contributed by atoms with Crippen LogP contribution in [-0.2, 0) is 6.18 Å². The van der Waals surface area contributed by atoms with E-state index in [0.717, 1.165) is 12.1 Å². The molecule has 1 aromatic heterocycles. The summed E-state index contributed by atoms with van der Waals surface area (Å²) in [5.41, 5.74) is 6.51. The molecule has 0 amide bonds. The first-order valence-corrected chi connectivity index (χ1v) is 6.13. The zero-order valence-electron chi connectivity index (χ0n) is 11.4. The minimum absolute atomic E-state index is 0.166. The van der Waals surface area contributed by atoms with Crippen LogP contribution in [0.25, 0.3) is 0 Å². The van der Waals surface area contributed by atoms with E-state index in [1.54, 1.807) is 19.9 Å². The van der Waals surface area contributed by atoms with Gasteiger partial charge >= 0.3 is 6.18 Å². The van der Waals surface area contributed by atoms with Gasteiger partial charge in [-0.2, -0.15) is 23.4 Å². The Bertz CT molecular complexity index is 668. The number of benzene rings is 1. The molecule has 0 radical (unpaired) electrons. The molecular weight excluding hydrogens is 286 g/mol. The lowest BCUT2D eigenvalue weighted by atomic mass is 9.96. The zero-order valence-corrected chi connectivity index (χ0v) is 11.4. The maximum absolute atomic E-state index is 13.3. The third-order valence-corrected chi connectivity index (χ3v) is 3.13. The first-order chi connectivity index (χ1) is 9.70. The van der Waals surface area contributed by atoms with Crippen LogP contribution in [0.2, 0.25) is 0 Å². The number of nitrogens with zero attached hydrogens (tertiary/aromatic N) is 2. The number of nitrogens with two attached hydrogens (primary N) is 1. The second-order valence-electron chi connectivity index (χ2n) is 4.74. The van der Waals surface area contributed by atoms with Crippen molar-refractivity contribution in [3.63, 3.8) is 0 Å². The average molecular weight is 299 g/mol. The zero-order chi connectivity index (χ0) is 15.8. The Morgan fingerprint density at radius 1 is 1.10 bits per heavy atom.